The van der Waals surface area contributed by atoms with Crippen LogP contribution in [-0.4, -0.2) is 28.0 Å². The molecule has 1 heterocycles. The van der Waals surface area contributed by atoms with Crippen LogP contribution in [0.3, 0.4) is 0 Å². The summed E-state index contributed by atoms with van der Waals surface area (Å²) in [4.78, 5) is 30.2. The molecule has 3 aromatic rings. The number of carbonyl (C=O) groups is 2. The first-order valence-electron chi connectivity index (χ1n) is 15.2. The number of nitrogens with one attached hydrogen (secondary N) is 1. The van der Waals surface area contributed by atoms with Gasteiger partial charge in [-0.25, -0.2) is 9.78 Å². The highest BCUT2D eigenvalue weighted by Gasteiger charge is 2.28. The Kier molecular flexibility index (Phi) is 9.72. The van der Waals surface area contributed by atoms with Crippen LogP contribution in [0.2, 0.25) is 0 Å². The van der Waals surface area contributed by atoms with E-state index >= 15 is 0 Å². The Hall–Kier alpha value is -3.41. The lowest BCUT2D eigenvalue weighted by Gasteiger charge is -2.24. The van der Waals surface area contributed by atoms with E-state index in [9.17, 15) is 14.7 Å². The maximum absolute atomic E-state index is 13.4. The zero-order valence-corrected chi connectivity index (χ0v) is 25.5. The van der Waals surface area contributed by atoms with Gasteiger partial charge >= 0.3 is 5.97 Å². The second-order valence-corrected chi connectivity index (χ2v) is 13.3. The molecule has 1 amide bonds. The number of aromatic nitrogens is 1. The van der Waals surface area contributed by atoms with Crippen LogP contribution in [0.4, 0.5) is 0 Å². The third-order valence-electron chi connectivity index (χ3n) is 8.37. The number of nitrogens with zero attached hydrogens (tertiary/aromatic N) is 1. The number of benzene rings is 2. The molecular weight excluding hydrogens is 512 g/mol. The molecule has 6 nitrogen and oxygen atoms in total. The smallest absolute Gasteiger partial charge is 0.326 e. The monoisotopic (exact) mass is 558 g/mol. The highest BCUT2D eigenvalue weighted by Crippen LogP contribution is 2.37. The van der Waals surface area contributed by atoms with E-state index in [0.29, 0.717) is 18.3 Å². The molecular formula is C35H46N2O4. The fourth-order valence-electron chi connectivity index (χ4n) is 5.70. The molecule has 4 rings (SSSR count). The molecule has 0 saturated heterocycles. The van der Waals surface area contributed by atoms with Gasteiger partial charge in [-0.2, -0.15) is 0 Å². The van der Waals surface area contributed by atoms with Crippen molar-refractivity contribution in [1.29, 1.82) is 0 Å². The van der Waals surface area contributed by atoms with Crippen molar-refractivity contribution in [3.63, 3.8) is 0 Å². The minimum atomic E-state index is -1.04. The van der Waals surface area contributed by atoms with E-state index in [1.54, 1.807) is 6.07 Å². The number of pyridine rings is 1. The summed E-state index contributed by atoms with van der Waals surface area (Å²) in [5, 5.41) is 14.4. The van der Waals surface area contributed by atoms with Crippen molar-refractivity contribution in [2.45, 2.75) is 104 Å². The highest BCUT2D eigenvalue weighted by molar-refractivity contribution is 5.99. The van der Waals surface area contributed by atoms with Crippen molar-refractivity contribution >= 4 is 22.6 Å². The number of fused-ring (bicyclic) bond motifs is 1. The molecule has 41 heavy (non-hydrogen) atoms. The number of aliphatic carboxylic acids is 1. The average molecular weight is 559 g/mol. The van der Waals surface area contributed by atoms with Gasteiger partial charge in [0, 0.05) is 11.3 Å². The Bertz CT molecular complexity index is 1350. The third kappa shape index (κ3) is 8.08. The van der Waals surface area contributed by atoms with Crippen LogP contribution in [0.5, 0.6) is 11.5 Å². The van der Waals surface area contributed by atoms with E-state index in [1.807, 2.05) is 51.1 Å². The molecule has 0 radical (unpaired) electrons. The molecule has 2 aromatic carbocycles. The van der Waals surface area contributed by atoms with E-state index in [0.717, 1.165) is 53.6 Å². The van der Waals surface area contributed by atoms with Gasteiger partial charge in [-0.1, -0.05) is 85.4 Å². The number of hydrogen-bond acceptors (Lipinski definition) is 4. The maximum atomic E-state index is 13.4. The predicted molar refractivity (Wildman–Crippen MR) is 165 cm³/mol. The van der Waals surface area contributed by atoms with Gasteiger partial charge in [0.05, 0.1) is 5.69 Å². The number of hydrogen-bond donors (Lipinski definition) is 2. The van der Waals surface area contributed by atoms with Crippen LogP contribution in [0.25, 0.3) is 10.8 Å². The van der Waals surface area contributed by atoms with Gasteiger partial charge in [0.15, 0.2) is 0 Å². The SMILES string of the molecule is CC(C)C(C)c1ccc(Oc2ccc3cc(C(=O)N[C@@H](CC(C)(C)C)C(=O)O)nc(C4CCCCCC4)c3c2)cc1. The highest BCUT2D eigenvalue weighted by atomic mass is 16.5. The van der Waals surface area contributed by atoms with Crippen molar-refractivity contribution in [3.05, 3.63) is 65.5 Å². The van der Waals surface area contributed by atoms with Gasteiger partial charge in [-0.3, -0.25) is 4.79 Å². The number of ether oxygens (including phenoxy) is 1. The van der Waals surface area contributed by atoms with E-state index in [-0.39, 0.29) is 17.0 Å². The zero-order valence-electron chi connectivity index (χ0n) is 25.5. The van der Waals surface area contributed by atoms with Crippen molar-refractivity contribution in [3.8, 4) is 11.5 Å². The molecule has 1 aromatic heterocycles. The molecule has 1 saturated carbocycles. The Morgan fingerprint density at radius 2 is 1.59 bits per heavy atom. The molecule has 0 aliphatic heterocycles. The normalized spacial score (nSPS) is 16.3. The fraction of sp³-hybridized carbons (Fsp3) is 0.514. The standard InChI is InChI=1S/C35H46N2O4/c1-22(2)23(3)24-13-16-27(17-14-24)41-28-18-15-26-19-30(33(38)37-31(34(39)40)21-35(4,5)6)36-32(29(26)20-28)25-11-9-7-8-10-12-25/h13-20,22-23,25,31H,7-12,21H2,1-6H3,(H,37,38)(H,39,40)/t23?,31-/m0/s1. The maximum Gasteiger partial charge on any atom is 0.326 e. The van der Waals surface area contributed by atoms with Gasteiger partial charge in [0.1, 0.15) is 23.2 Å². The van der Waals surface area contributed by atoms with Crippen LogP contribution in [0.15, 0.2) is 48.5 Å². The number of carbonyl (C=O) groups excluding carboxylic acids is 1. The quantitative estimate of drug-likeness (QED) is 0.256. The fourth-order valence-corrected chi connectivity index (χ4v) is 5.70. The van der Waals surface area contributed by atoms with Crippen LogP contribution >= 0.6 is 0 Å². The minimum absolute atomic E-state index is 0.240. The summed E-state index contributed by atoms with van der Waals surface area (Å²) in [5.74, 6) is 1.31. The zero-order chi connectivity index (χ0) is 29.7. The van der Waals surface area contributed by atoms with Crippen molar-refractivity contribution in [2.75, 3.05) is 0 Å². The number of amides is 1. The number of carboxylic acid groups (broad SMARTS) is 1. The molecule has 2 atom stereocenters. The number of carboxylic acids is 1. The largest absolute Gasteiger partial charge is 0.480 e. The van der Waals surface area contributed by atoms with Crippen LogP contribution in [0, 0.1) is 11.3 Å². The Labute approximate surface area is 244 Å². The summed E-state index contributed by atoms with van der Waals surface area (Å²) in [7, 11) is 0. The third-order valence-corrected chi connectivity index (χ3v) is 8.37. The lowest BCUT2D eigenvalue weighted by molar-refractivity contribution is -0.140. The van der Waals surface area contributed by atoms with Crippen LogP contribution in [0.1, 0.15) is 120 Å². The van der Waals surface area contributed by atoms with Gasteiger partial charge < -0.3 is 15.2 Å². The number of rotatable bonds is 9. The average Bonchev–Trinajstić information content (AvgIpc) is 3.21. The lowest BCUT2D eigenvalue weighted by atomic mass is 9.88. The first-order chi connectivity index (χ1) is 19.4. The van der Waals surface area contributed by atoms with Gasteiger partial charge in [0.2, 0.25) is 0 Å². The van der Waals surface area contributed by atoms with Gasteiger partial charge in [-0.05, 0) is 77.8 Å². The minimum Gasteiger partial charge on any atom is -0.480 e. The van der Waals surface area contributed by atoms with Gasteiger partial charge in [-0.15, -0.1) is 0 Å². The molecule has 1 aliphatic carbocycles. The molecule has 0 spiro atoms. The van der Waals surface area contributed by atoms with E-state index < -0.39 is 17.9 Å². The van der Waals surface area contributed by atoms with Crippen LogP contribution < -0.4 is 10.1 Å². The molecule has 220 valence electrons. The van der Waals surface area contributed by atoms with Crippen LogP contribution in [-0.2, 0) is 4.79 Å². The molecule has 1 aliphatic rings. The van der Waals surface area contributed by atoms with E-state index in [1.165, 1.54) is 18.4 Å². The summed E-state index contributed by atoms with van der Waals surface area (Å²) in [6.45, 7) is 12.6. The molecule has 2 N–H and O–H groups in total. The Balaban J connectivity index is 1.67. The predicted octanol–water partition coefficient (Wildman–Crippen LogP) is 8.84. The van der Waals surface area contributed by atoms with Crippen molar-refractivity contribution in [2.24, 2.45) is 11.3 Å². The van der Waals surface area contributed by atoms with Gasteiger partial charge in [0.25, 0.3) is 5.91 Å². The molecule has 1 fully saturated rings. The Morgan fingerprint density at radius 3 is 2.17 bits per heavy atom. The van der Waals surface area contributed by atoms with Crippen molar-refractivity contribution in [1.82, 2.24) is 10.3 Å². The first kappa shape index (κ1) is 30.5. The molecule has 6 heteroatoms. The summed E-state index contributed by atoms with van der Waals surface area (Å²) >= 11 is 0. The summed E-state index contributed by atoms with van der Waals surface area (Å²) in [5.41, 5.74) is 2.22. The second-order valence-electron chi connectivity index (χ2n) is 13.3. The van der Waals surface area contributed by atoms with E-state index in [4.69, 9.17) is 9.72 Å². The molecule has 1 unspecified atom stereocenters. The summed E-state index contributed by atoms with van der Waals surface area (Å²) < 4.78 is 6.28. The summed E-state index contributed by atoms with van der Waals surface area (Å²) in [6, 6.07) is 15.0. The van der Waals surface area contributed by atoms with E-state index in [2.05, 4.69) is 38.2 Å². The molecule has 0 bridgehead atoms. The second kappa shape index (κ2) is 13.1. The summed E-state index contributed by atoms with van der Waals surface area (Å²) in [6.07, 6.45) is 7.06. The van der Waals surface area contributed by atoms with Crippen molar-refractivity contribution < 1.29 is 19.4 Å². The topological polar surface area (TPSA) is 88.5 Å². The Morgan fingerprint density at radius 1 is 0.951 bits per heavy atom. The first-order valence-corrected chi connectivity index (χ1v) is 15.2. The lowest BCUT2D eigenvalue weighted by Crippen LogP contribution is -2.43.